The summed E-state index contributed by atoms with van der Waals surface area (Å²) in [6.45, 7) is 2.60. The van der Waals surface area contributed by atoms with Crippen LogP contribution in [-0.2, 0) is 9.53 Å². The molecule has 0 bridgehead atoms. The molecule has 1 amide bonds. The van der Waals surface area contributed by atoms with Gasteiger partial charge in [0, 0.05) is 18.2 Å². The zero-order valence-electron chi connectivity index (χ0n) is 14.4. The molecule has 0 spiro atoms. The van der Waals surface area contributed by atoms with E-state index >= 15 is 0 Å². The molecule has 3 rings (SSSR count). The van der Waals surface area contributed by atoms with E-state index in [1.165, 1.54) is 0 Å². The number of nitrogens with one attached hydrogen (secondary N) is 1. The Labute approximate surface area is 147 Å². The number of piperidine rings is 1. The molecule has 132 valence electrons. The minimum Gasteiger partial charge on any atom is -0.451 e. The van der Waals surface area contributed by atoms with Gasteiger partial charge < -0.3 is 9.64 Å². The molecular weight excluding hydrogens is 318 g/mol. The number of nitrogens with zero attached hydrogens (tertiary/aromatic N) is 2. The van der Waals surface area contributed by atoms with E-state index in [0.717, 1.165) is 37.8 Å². The molecule has 1 atom stereocenters. The number of likely N-dealkylation sites (tertiary alicyclic amines) is 1. The highest BCUT2D eigenvalue weighted by molar-refractivity contribution is 5.90. The second kappa shape index (κ2) is 7.96. The third kappa shape index (κ3) is 4.07. The summed E-state index contributed by atoms with van der Waals surface area (Å²) in [6.07, 6.45) is 4.12. The van der Waals surface area contributed by atoms with Crippen molar-refractivity contribution in [3.63, 3.8) is 0 Å². The summed E-state index contributed by atoms with van der Waals surface area (Å²) in [5.74, 6) is -0.684. The number of carbonyl (C=O) groups is 2. The highest BCUT2D eigenvalue weighted by atomic mass is 16.5. The average molecular weight is 341 g/mol. The third-order valence-electron chi connectivity index (χ3n) is 4.61. The van der Waals surface area contributed by atoms with Crippen molar-refractivity contribution in [1.29, 1.82) is 0 Å². The number of ether oxygens (including phenoxy) is 1. The van der Waals surface area contributed by atoms with Gasteiger partial charge in [-0.2, -0.15) is 5.10 Å². The fraction of sp³-hybridized carbons (Fsp3) is 0.421. The summed E-state index contributed by atoms with van der Waals surface area (Å²) in [6, 6.07) is 11.5. The van der Waals surface area contributed by atoms with Crippen LogP contribution in [0.5, 0.6) is 0 Å². The Morgan fingerprint density at radius 3 is 2.84 bits per heavy atom. The van der Waals surface area contributed by atoms with Gasteiger partial charge in [-0.3, -0.25) is 9.89 Å². The van der Waals surface area contributed by atoms with E-state index in [-0.39, 0.29) is 24.2 Å². The quantitative estimate of drug-likeness (QED) is 0.848. The number of aromatic amines is 1. The number of hydrogen-bond donors (Lipinski definition) is 1. The lowest BCUT2D eigenvalue weighted by Crippen LogP contribution is -2.45. The Balaban J connectivity index is 1.57. The summed E-state index contributed by atoms with van der Waals surface area (Å²) in [4.78, 5) is 26.4. The molecule has 2 heterocycles. The van der Waals surface area contributed by atoms with Crippen molar-refractivity contribution in [3.05, 3.63) is 42.1 Å². The van der Waals surface area contributed by atoms with E-state index in [1.807, 2.05) is 35.2 Å². The molecule has 6 heteroatoms. The number of rotatable bonds is 5. The first-order valence-electron chi connectivity index (χ1n) is 8.76. The van der Waals surface area contributed by atoms with Crippen molar-refractivity contribution in [3.8, 4) is 11.3 Å². The number of carbonyl (C=O) groups excluding carboxylic acids is 2. The van der Waals surface area contributed by atoms with E-state index in [9.17, 15) is 9.59 Å². The van der Waals surface area contributed by atoms with Gasteiger partial charge in [0.25, 0.3) is 5.91 Å². The molecule has 25 heavy (non-hydrogen) atoms. The fourth-order valence-corrected chi connectivity index (χ4v) is 3.22. The third-order valence-corrected chi connectivity index (χ3v) is 4.61. The zero-order valence-corrected chi connectivity index (χ0v) is 14.4. The van der Waals surface area contributed by atoms with Gasteiger partial charge in [-0.05, 0) is 31.7 Å². The van der Waals surface area contributed by atoms with Crippen molar-refractivity contribution in [2.75, 3.05) is 13.2 Å². The molecule has 1 aliphatic heterocycles. The van der Waals surface area contributed by atoms with Gasteiger partial charge in [-0.25, -0.2) is 4.79 Å². The maximum absolute atomic E-state index is 12.4. The van der Waals surface area contributed by atoms with E-state index in [1.54, 1.807) is 6.07 Å². The lowest BCUT2D eigenvalue weighted by atomic mass is 10.00. The van der Waals surface area contributed by atoms with E-state index < -0.39 is 5.97 Å². The number of hydrogen-bond acceptors (Lipinski definition) is 4. The van der Waals surface area contributed by atoms with Gasteiger partial charge in [-0.1, -0.05) is 37.3 Å². The lowest BCUT2D eigenvalue weighted by molar-refractivity contribution is -0.138. The predicted molar refractivity (Wildman–Crippen MR) is 93.9 cm³/mol. The number of amides is 1. The van der Waals surface area contributed by atoms with Crippen LogP contribution in [0, 0.1) is 0 Å². The van der Waals surface area contributed by atoms with Crippen LogP contribution in [-0.4, -0.2) is 46.2 Å². The number of esters is 1. The molecule has 0 radical (unpaired) electrons. The van der Waals surface area contributed by atoms with Gasteiger partial charge >= 0.3 is 5.97 Å². The minimum absolute atomic E-state index is 0.123. The molecule has 2 aromatic rings. The molecule has 6 nitrogen and oxygen atoms in total. The lowest BCUT2D eigenvalue weighted by Gasteiger charge is -2.35. The van der Waals surface area contributed by atoms with Crippen LogP contribution in [0.15, 0.2) is 36.4 Å². The smallest absolute Gasteiger partial charge is 0.356 e. The Morgan fingerprint density at radius 1 is 1.28 bits per heavy atom. The molecule has 0 aliphatic carbocycles. The van der Waals surface area contributed by atoms with Crippen molar-refractivity contribution < 1.29 is 14.3 Å². The van der Waals surface area contributed by atoms with E-state index in [2.05, 4.69) is 17.1 Å². The second-order valence-electron chi connectivity index (χ2n) is 6.25. The van der Waals surface area contributed by atoms with Crippen LogP contribution in [0.2, 0.25) is 0 Å². The Kier molecular flexibility index (Phi) is 5.48. The molecular formula is C19H23N3O3. The standard InChI is InChI=1S/C19H23N3O3/c1-2-15-10-6-7-11-22(15)18(23)13-25-19(24)17-12-16(20-21-17)14-8-4-3-5-9-14/h3-5,8-9,12,15H,2,6-7,10-11,13H2,1H3,(H,20,21)/t15-/m0/s1. The van der Waals surface area contributed by atoms with Gasteiger partial charge in [0.05, 0.1) is 5.69 Å². The molecule has 1 N–H and O–H groups in total. The summed E-state index contributed by atoms with van der Waals surface area (Å²) in [7, 11) is 0. The highest BCUT2D eigenvalue weighted by Crippen LogP contribution is 2.20. The normalized spacial score (nSPS) is 17.3. The van der Waals surface area contributed by atoms with Gasteiger partial charge in [0.1, 0.15) is 5.69 Å². The van der Waals surface area contributed by atoms with Gasteiger partial charge in [0.2, 0.25) is 0 Å². The first-order valence-corrected chi connectivity index (χ1v) is 8.76. The molecule has 1 aliphatic rings. The van der Waals surface area contributed by atoms with Crippen molar-refractivity contribution in [2.24, 2.45) is 0 Å². The summed E-state index contributed by atoms with van der Waals surface area (Å²) < 4.78 is 5.18. The Hall–Kier alpha value is -2.63. The van der Waals surface area contributed by atoms with Crippen LogP contribution in [0.4, 0.5) is 0 Å². The first-order chi connectivity index (χ1) is 12.2. The maximum atomic E-state index is 12.4. The Bertz CT molecular complexity index is 727. The number of aromatic nitrogens is 2. The minimum atomic E-state index is -0.562. The maximum Gasteiger partial charge on any atom is 0.356 e. The van der Waals surface area contributed by atoms with Crippen LogP contribution < -0.4 is 0 Å². The van der Waals surface area contributed by atoms with Crippen LogP contribution >= 0.6 is 0 Å². The number of H-pyrrole nitrogens is 1. The van der Waals surface area contributed by atoms with E-state index in [4.69, 9.17) is 4.74 Å². The second-order valence-corrected chi connectivity index (χ2v) is 6.25. The molecule has 0 saturated carbocycles. The van der Waals surface area contributed by atoms with Crippen LogP contribution in [0.3, 0.4) is 0 Å². The predicted octanol–water partition coefficient (Wildman–Crippen LogP) is 3.02. The van der Waals surface area contributed by atoms with Gasteiger partial charge in [-0.15, -0.1) is 0 Å². The largest absolute Gasteiger partial charge is 0.451 e. The summed E-state index contributed by atoms with van der Waals surface area (Å²) in [5.41, 5.74) is 1.83. The zero-order chi connectivity index (χ0) is 17.6. The van der Waals surface area contributed by atoms with Crippen molar-refractivity contribution in [1.82, 2.24) is 15.1 Å². The van der Waals surface area contributed by atoms with Crippen molar-refractivity contribution in [2.45, 2.75) is 38.6 Å². The first kappa shape index (κ1) is 17.2. The highest BCUT2D eigenvalue weighted by Gasteiger charge is 2.26. The molecule has 1 fully saturated rings. The Morgan fingerprint density at radius 2 is 2.08 bits per heavy atom. The topological polar surface area (TPSA) is 75.3 Å². The summed E-state index contributed by atoms with van der Waals surface area (Å²) >= 11 is 0. The molecule has 1 aromatic carbocycles. The number of benzene rings is 1. The molecule has 1 aromatic heterocycles. The van der Waals surface area contributed by atoms with Crippen LogP contribution in [0.1, 0.15) is 43.1 Å². The van der Waals surface area contributed by atoms with Gasteiger partial charge in [0.15, 0.2) is 6.61 Å². The monoisotopic (exact) mass is 341 g/mol. The average Bonchev–Trinajstić information content (AvgIpc) is 3.17. The molecule has 0 unspecified atom stereocenters. The SMILES string of the molecule is CC[C@H]1CCCCN1C(=O)COC(=O)c1cc(-c2ccccc2)n[nH]1. The van der Waals surface area contributed by atoms with Crippen molar-refractivity contribution >= 4 is 11.9 Å². The summed E-state index contributed by atoms with van der Waals surface area (Å²) in [5, 5.41) is 6.81. The van der Waals surface area contributed by atoms with Crippen LogP contribution in [0.25, 0.3) is 11.3 Å². The fourth-order valence-electron chi connectivity index (χ4n) is 3.22. The molecule has 1 saturated heterocycles. The van der Waals surface area contributed by atoms with E-state index in [0.29, 0.717) is 5.69 Å².